The number of hydrogen-bond donors (Lipinski definition) is 2. The van der Waals surface area contributed by atoms with Crippen LogP contribution in [0.4, 0.5) is 5.69 Å². The van der Waals surface area contributed by atoms with E-state index < -0.39 is 0 Å². The number of benzene rings is 2. The highest BCUT2D eigenvalue weighted by Gasteiger charge is 2.30. The van der Waals surface area contributed by atoms with Gasteiger partial charge in [-0.25, -0.2) is 0 Å². The van der Waals surface area contributed by atoms with Crippen LogP contribution in [0.1, 0.15) is 17.2 Å². The van der Waals surface area contributed by atoms with E-state index in [0.717, 1.165) is 20.6 Å². The van der Waals surface area contributed by atoms with Crippen LogP contribution in [0.3, 0.4) is 0 Å². The second-order valence-corrected chi connectivity index (χ2v) is 6.97. The molecule has 1 unspecified atom stereocenters. The molecule has 1 aliphatic heterocycles. The van der Waals surface area contributed by atoms with Crippen molar-refractivity contribution in [1.82, 2.24) is 5.32 Å². The van der Waals surface area contributed by atoms with Gasteiger partial charge in [-0.1, -0.05) is 29.5 Å². The molecule has 0 spiro atoms. The molecular formula is C16H15BrN2OS. The van der Waals surface area contributed by atoms with Crippen LogP contribution >= 0.6 is 27.7 Å². The van der Waals surface area contributed by atoms with Crippen molar-refractivity contribution in [3.63, 3.8) is 0 Å². The summed E-state index contributed by atoms with van der Waals surface area (Å²) in [6, 6.07) is 12.2. The molecule has 2 aromatic rings. The molecule has 1 amide bonds. The lowest BCUT2D eigenvalue weighted by atomic mass is 10.1. The van der Waals surface area contributed by atoms with E-state index in [1.54, 1.807) is 18.8 Å². The van der Waals surface area contributed by atoms with Crippen molar-refractivity contribution < 1.29 is 4.79 Å². The standard InChI is InChI=1S/C16H15BrN2OS/c1-9-4-3-5-10(6-9)21-14-8-13-11(7-12(14)17)15(18-2)16(20)19-13/h3-8,15,18H,1-2H3,(H,19,20). The molecule has 0 aliphatic carbocycles. The van der Waals surface area contributed by atoms with E-state index >= 15 is 0 Å². The summed E-state index contributed by atoms with van der Waals surface area (Å²) in [7, 11) is 1.79. The minimum absolute atomic E-state index is 0.00268. The normalized spacial score (nSPS) is 16.7. The number of nitrogens with one attached hydrogen (secondary N) is 2. The van der Waals surface area contributed by atoms with Gasteiger partial charge >= 0.3 is 0 Å². The van der Waals surface area contributed by atoms with Crippen molar-refractivity contribution in [3.8, 4) is 0 Å². The molecule has 0 fully saturated rings. The second kappa shape index (κ2) is 5.83. The number of rotatable bonds is 3. The van der Waals surface area contributed by atoms with Crippen LogP contribution in [-0.4, -0.2) is 13.0 Å². The summed E-state index contributed by atoms with van der Waals surface area (Å²) in [5, 5.41) is 5.96. The smallest absolute Gasteiger partial charge is 0.246 e. The van der Waals surface area contributed by atoms with Gasteiger partial charge in [0, 0.05) is 25.5 Å². The number of carbonyl (C=O) groups is 1. The van der Waals surface area contributed by atoms with Crippen LogP contribution in [0.5, 0.6) is 0 Å². The Kier molecular flexibility index (Phi) is 4.06. The molecule has 5 heteroatoms. The van der Waals surface area contributed by atoms with Crippen LogP contribution in [0.25, 0.3) is 0 Å². The lowest BCUT2D eigenvalue weighted by Crippen LogP contribution is -2.23. The van der Waals surface area contributed by atoms with Crippen molar-refractivity contribution in [2.75, 3.05) is 12.4 Å². The molecule has 2 aromatic carbocycles. The Morgan fingerprint density at radius 1 is 1.29 bits per heavy atom. The van der Waals surface area contributed by atoms with Crippen LogP contribution in [0.2, 0.25) is 0 Å². The molecule has 0 bridgehead atoms. The third kappa shape index (κ3) is 2.86. The molecule has 1 aliphatic rings. The Balaban J connectivity index is 1.95. The minimum Gasteiger partial charge on any atom is -0.324 e. The lowest BCUT2D eigenvalue weighted by molar-refractivity contribution is -0.117. The number of carbonyl (C=O) groups excluding carboxylic acids is 1. The Morgan fingerprint density at radius 2 is 2.10 bits per heavy atom. The third-order valence-electron chi connectivity index (χ3n) is 3.44. The van der Waals surface area contributed by atoms with Gasteiger partial charge in [-0.15, -0.1) is 0 Å². The Labute approximate surface area is 136 Å². The average Bonchev–Trinajstić information content (AvgIpc) is 2.74. The summed E-state index contributed by atoms with van der Waals surface area (Å²) in [5.41, 5.74) is 3.11. The predicted octanol–water partition coefficient (Wildman–Crippen LogP) is 4.12. The fraction of sp³-hybridized carbons (Fsp3) is 0.188. The van der Waals surface area contributed by atoms with Gasteiger partial charge in [-0.2, -0.15) is 0 Å². The largest absolute Gasteiger partial charge is 0.324 e. The highest BCUT2D eigenvalue weighted by Crippen LogP contribution is 2.41. The van der Waals surface area contributed by atoms with Gasteiger partial charge in [0.25, 0.3) is 0 Å². The number of amides is 1. The lowest BCUT2D eigenvalue weighted by Gasteiger charge is -2.10. The molecule has 1 atom stereocenters. The van der Waals surface area contributed by atoms with Gasteiger partial charge in [0.15, 0.2) is 0 Å². The Bertz CT molecular complexity index is 717. The van der Waals surface area contributed by atoms with Crippen molar-refractivity contribution in [1.29, 1.82) is 0 Å². The molecule has 2 N–H and O–H groups in total. The molecule has 0 saturated heterocycles. The maximum atomic E-state index is 11.9. The highest BCUT2D eigenvalue weighted by atomic mass is 79.9. The van der Waals surface area contributed by atoms with Crippen molar-refractivity contribution in [2.24, 2.45) is 0 Å². The average molecular weight is 363 g/mol. The fourth-order valence-corrected chi connectivity index (χ4v) is 4.02. The first-order valence-corrected chi connectivity index (χ1v) is 8.25. The minimum atomic E-state index is -0.269. The van der Waals surface area contributed by atoms with Crippen molar-refractivity contribution in [2.45, 2.75) is 22.8 Å². The maximum Gasteiger partial charge on any atom is 0.246 e. The first-order chi connectivity index (χ1) is 10.1. The van der Waals surface area contributed by atoms with E-state index in [-0.39, 0.29) is 11.9 Å². The summed E-state index contributed by atoms with van der Waals surface area (Å²) >= 11 is 5.30. The van der Waals surface area contributed by atoms with Gasteiger partial charge in [0.1, 0.15) is 6.04 Å². The van der Waals surface area contributed by atoms with Gasteiger partial charge < -0.3 is 10.6 Å². The van der Waals surface area contributed by atoms with Crippen molar-refractivity contribution in [3.05, 3.63) is 52.0 Å². The molecule has 21 heavy (non-hydrogen) atoms. The van der Waals surface area contributed by atoms with Crippen LogP contribution in [0.15, 0.2) is 50.7 Å². The summed E-state index contributed by atoms with van der Waals surface area (Å²) in [5.74, 6) is -0.00268. The Hall–Kier alpha value is -1.30. The topological polar surface area (TPSA) is 41.1 Å². The molecule has 0 saturated carbocycles. The number of hydrogen-bond acceptors (Lipinski definition) is 3. The number of likely N-dealkylation sites (N-methyl/N-ethyl adjacent to an activating group) is 1. The molecule has 3 nitrogen and oxygen atoms in total. The number of aryl methyl sites for hydroxylation is 1. The van der Waals surface area contributed by atoms with Crippen LogP contribution in [-0.2, 0) is 4.79 Å². The molecule has 108 valence electrons. The SMILES string of the molecule is CNC1C(=O)Nc2cc(Sc3cccc(C)c3)c(Br)cc21. The number of fused-ring (bicyclic) bond motifs is 1. The zero-order chi connectivity index (χ0) is 15.0. The zero-order valence-electron chi connectivity index (χ0n) is 11.7. The van der Waals surface area contributed by atoms with E-state index in [0.29, 0.717) is 0 Å². The van der Waals surface area contributed by atoms with Crippen LogP contribution < -0.4 is 10.6 Å². The van der Waals surface area contributed by atoms with E-state index in [9.17, 15) is 4.79 Å². The second-order valence-electron chi connectivity index (χ2n) is 5.00. The van der Waals surface area contributed by atoms with E-state index in [1.807, 2.05) is 12.1 Å². The summed E-state index contributed by atoms with van der Waals surface area (Å²) < 4.78 is 1.00. The van der Waals surface area contributed by atoms with Gasteiger partial charge in [0.2, 0.25) is 5.91 Å². The monoisotopic (exact) mass is 362 g/mol. The third-order valence-corrected chi connectivity index (χ3v) is 5.41. The molecular weight excluding hydrogens is 348 g/mol. The molecule has 0 aromatic heterocycles. The van der Waals surface area contributed by atoms with Gasteiger partial charge in [-0.05, 0) is 54.2 Å². The molecule has 3 rings (SSSR count). The number of anilines is 1. The molecule has 1 heterocycles. The quantitative estimate of drug-likeness (QED) is 0.862. The van der Waals surface area contributed by atoms with Gasteiger partial charge in [-0.3, -0.25) is 4.79 Å². The maximum absolute atomic E-state index is 11.9. The first kappa shape index (κ1) is 14.6. The zero-order valence-corrected chi connectivity index (χ0v) is 14.1. The molecule has 0 radical (unpaired) electrons. The summed E-state index contributed by atoms with van der Waals surface area (Å²) in [6.07, 6.45) is 0. The summed E-state index contributed by atoms with van der Waals surface area (Å²) in [6.45, 7) is 2.08. The van der Waals surface area contributed by atoms with Crippen LogP contribution in [0, 0.1) is 6.92 Å². The van der Waals surface area contributed by atoms with E-state index in [2.05, 4.69) is 57.8 Å². The van der Waals surface area contributed by atoms with E-state index in [1.165, 1.54) is 10.5 Å². The first-order valence-electron chi connectivity index (χ1n) is 6.64. The fourth-order valence-electron chi connectivity index (χ4n) is 2.43. The highest BCUT2D eigenvalue weighted by molar-refractivity contribution is 9.10. The predicted molar refractivity (Wildman–Crippen MR) is 89.9 cm³/mol. The summed E-state index contributed by atoms with van der Waals surface area (Å²) in [4.78, 5) is 14.2. The van der Waals surface area contributed by atoms with Crippen molar-refractivity contribution >= 4 is 39.3 Å². The van der Waals surface area contributed by atoms with Gasteiger partial charge in [0.05, 0.1) is 0 Å². The Morgan fingerprint density at radius 3 is 2.81 bits per heavy atom. The van der Waals surface area contributed by atoms with E-state index in [4.69, 9.17) is 0 Å². The number of halogens is 1.